The third-order valence-corrected chi connectivity index (χ3v) is 5.39. The lowest BCUT2D eigenvalue weighted by Gasteiger charge is -2.22. The van der Waals surface area contributed by atoms with E-state index >= 15 is 0 Å². The standard InChI is InChI=1S/C21H17N/c1-21(2)19-6-4-3-5-15(19)17-11-16-14(10-20(17)21)9-13-7-8-22-12-18(13)16/h3-8,10-12H,9H2,1-2H3. The molecule has 2 aromatic carbocycles. The number of nitrogens with zero attached hydrogens (tertiary/aromatic N) is 1. The molecule has 0 saturated carbocycles. The molecule has 0 saturated heterocycles. The largest absolute Gasteiger partial charge is 0.264 e. The second-order valence-electron chi connectivity index (χ2n) is 6.94. The highest BCUT2D eigenvalue weighted by Crippen LogP contribution is 2.51. The van der Waals surface area contributed by atoms with Crippen LogP contribution in [0.3, 0.4) is 0 Å². The minimum atomic E-state index is 0.0913. The Morgan fingerprint density at radius 3 is 2.59 bits per heavy atom. The lowest BCUT2D eigenvalue weighted by Crippen LogP contribution is -2.15. The number of pyridine rings is 1. The van der Waals surface area contributed by atoms with E-state index in [9.17, 15) is 0 Å². The summed E-state index contributed by atoms with van der Waals surface area (Å²) in [6, 6.07) is 15.8. The van der Waals surface area contributed by atoms with Gasteiger partial charge in [-0.2, -0.15) is 0 Å². The van der Waals surface area contributed by atoms with E-state index in [1.165, 1.54) is 44.5 Å². The zero-order valence-electron chi connectivity index (χ0n) is 12.9. The van der Waals surface area contributed by atoms with Gasteiger partial charge in [-0.1, -0.05) is 44.2 Å². The van der Waals surface area contributed by atoms with Gasteiger partial charge in [0.15, 0.2) is 0 Å². The monoisotopic (exact) mass is 283 g/mol. The van der Waals surface area contributed by atoms with E-state index in [-0.39, 0.29) is 5.41 Å². The molecule has 0 amide bonds. The molecule has 22 heavy (non-hydrogen) atoms. The Kier molecular flexibility index (Phi) is 2.14. The molecule has 3 aromatic rings. The molecule has 2 aliphatic rings. The first kappa shape index (κ1) is 12.2. The molecule has 5 rings (SSSR count). The van der Waals surface area contributed by atoms with Gasteiger partial charge in [0.25, 0.3) is 0 Å². The Balaban J connectivity index is 1.84. The molecule has 1 nitrogen and oxygen atoms in total. The third-order valence-electron chi connectivity index (χ3n) is 5.39. The molecule has 106 valence electrons. The van der Waals surface area contributed by atoms with E-state index in [0.29, 0.717) is 0 Å². The van der Waals surface area contributed by atoms with Gasteiger partial charge >= 0.3 is 0 Å². The number of rotatable bonds is 0. The van der Waals surface area contributed by atoms with Crippen LogP contribution in [0.5, 0.6) is 0 Å². The smallest absolute Gasteiger partial charge is 0.0349 e. The van der Waals surface area contributed by atoms with Crippen LogP contribution in [0.25, 0.3) is 22.3 Å². The zero-order valence-corrected chi connectivity index (χ0v) is 12.9. The molecule has 0 spiro atoms. The Labute approximate surface area is 130 Å². The van der Waals surface area contributed by atoms with Crippen LogP contribution in [-0.4, -0.2) is 4.98 Å². The maximum atomic E-state index is 4.32. The summed E-state index contributed by atoms with van der Waals surface area (Å²) >= 11 is 0. The van der Waals surface area contributed by atoms with Crippen molar-refractivity contribution in [2.24, 2.45) is 0 Å². The van der Waals surface area contributed by atoms with E-state index < -0.39 is 0 Å². The summed E-state index contributed by atoms with van der Waals surface area (Å²) in [5.74, 6) is 0. The molecule has 2 aliphatic carbocycles. The van der Waals surface area contributed by atoms with Crippen LogP contribution >= 0.6 is 0 Å². The lowest BCUT2D eigenvalue weighted by atomic mass is 9.81. The molecule has 0 unspecified atom stereocenters. The Morgan fingerprint density at radius 1 is 0.818 bits per heavy atom. The fourth-order valence-corrected chi connectivity index (χ4v) is 4.21. The van der Waals surface area contributed by atoms with E-state index in [4.69, 9.17) is 0 Å². The molecule has 0 aliphatic heterocycles. The van der Waals surface area contributed by atoms with Gasteiger partial charge < -0.3 is 0 Å². The molecular formula is C21H17N. The van der Waals surface area contributed by atoms with Crippen LogP contribution < -0.4 is 0 Å². The van der Waals surface area contributed by atoms with E-state index in [2.05, 4.69) is 61.3 Å². The molecule has 1 aromatic heterocycles. The summed E-state index contributed by atoms with van der Waals surface area (Å²) in [5, 5.41) is 0. The number of hydrogen-bond donors (Lipinski definition) is 0. The SMILES string of the molecule is CC1(C)c2ccccc2-c2cc3c(cc21)Cc1ccncc1-3. The maximum absolute atomic E-state index is 4.32. The lowest BCUT2D eigenvalue weighted by molar-refractivity contribution is 0.659. The van der Waals surface area contributed by atoms with Crippen LogP contribution in [0.1, 0.15) is 36.1 Å². The van der Waals surface area contributed by atoms with Gasteiger partial charge in [-0.25, -0.2) is 0 Å². The van der Waals surface area contributed by atoms with Crippen LogP contribution in [0.4, 0.5) is 0 Å². The molecule has 0 atom stereocenters. The minimum Gasteiger partial charge on any atom is -0.264 e. The first-order valence-electron chi connectivity index (χ1n) is 7.87. The van der Waals surface area contributed by atoms with Crippen LogP contribution in [0.2, 0.25) is 0 Å². The van der Waals surface area contributed by atoms with E-state index in [1.54, 1.807) is 0 Å². The number of aromatic nitrogens is 1. The average molecular weight is 283 g/mol. The van der Waals surface area contributed by atoms with E-state index in [0.717, 1.165) is 6.42 Å². The quantitative estimate of drug-likeness (QED) is 0.444. The summed E-state index contributed by atoms with van der Waals surface area (Å²) in [6.45, 7) is 4.68. The van der Waals surface area contributed by atoms with Crippen LogP contribution in [0.15, 0.2) is 54.9 Å². The summed E-state index contributed by atoms with van der Waals surface area (Å²) < 4.78 is 0. The Hall–Kier alpha value is -2.41. The molecule has 1 heteroatoms. The van der Waals surface area contributed by atoms with Crippen molar-refractivity contribution in [2.45, 2.75) is 25.7 Å². The second-order valence-corrected chi connectivity index (χ2v) is 6.94. The van der Waals surface area contributed by atoms with Gasteiger partial charge in [0.2, 0.25) is 0 Å². The zero-order chi connectivity index (χ0) is 14.9. The van der Waals surface area contributed by atoms with Crippen molar-refractivity contribution >= 4 is 0 Å². The Bertz CT molecular complexity index is 934. The van der Waals surface area contributed by atoms with Crippen molar-refractivity contribution in [3.8, 4) is 22.3 Å². The van der Waals surface area contributed by atoms with Crippen molar-refractivity contribution in [2.75, 3.05) is 0 Å². The predicted molar refractivity (Wildman–Crippen MR) is 90.0 cm³/mol. The van der Waals surface area contributed by atoms with Gasteiger partial charge in [-0.3, -0.25) is 4.98 Å². The first-order valence-corrected chi connectivity index (χ1v) is 7.87. The fourth-order valence-electron chi connectivity index (χ4n) is 4.21. The van der Waals surface area contributed by atoms with Crippen molar-refractivity contribution in [1.29, 1.82) is 0 Å². The van der Waals surface area contributed by atoms with Gasteiger partial charge in [0.05, 0.1) is 0 Å². The maximum Gasteiger partial charge on any atom is 0.0349 e. The van der Waals surface area contributed by atoms with Crippen LogP contribution in [0, 0.1) is 0 Å². The number of fused-ring (bicyclic) bond motifs is 6. The van der Waals surface area contributed by atoms with E-state index in [1.807, 2.05) is 12.4 Å². The second kappa shape index (κ2) is 3.86. The average Bonchev–Trinajstić information content (AvgIpc) is 3.00. The number of benzene rings is 2. The summed E-state index contributed by atoms with van der Waals surface area (Å²) in [5.41, 5.74) is 11.3. The topological polar surface area (TPSA) is 12.9 Å². The van der Waals surface area contributed by atoms with Gasteiger partial charge in [-0.15, -0.1) is 0 Å². The molecule has 1 heterocycles. The highest BCUT2D eigenvalue weighted by molar-refractivity contribution is 5.88. The summed E-state index contributed by atoms with van der Waals surface area (Å²) in [7, 11) is 0. The molecule has 0 N–H and O–H groups in total. The normalized spacial score (nSPS) is 15.9. The first-order chi connectivity index (χ1) is 10.7. The van der Waals surface area contributed by atoms with Gasteiger partial charge in [-0.05, 0) is 57.5 Å². The van der Waals surface area contributed by atoms with Gasteiger partial charge in [0, 0.05) is 23.4 Å². The summed E-state index contributed by atoms with van der Waals surface area (Å²) in [4.78, 5) is 4.32. The molecule has 0 bridgehead atoms. The highest BCUT2D eigenvalue weighted by Gasteiger charge is 2.36. The van der Waals surface area contributed by atoms with Crippen molar-refractivity contribution in [3.05, 3.63) is 77.1 Å². The van der Waals surface area contributed by atoms with Gasteiger partial charge in [0.1, 0.15) is 0 Å². The fraction of sp³-hybridized carbons (Fsp3) is 0.190. The Morgan fingerprint density at radius 2 is 1.68 bits per heavy atom. The molecule has 0 fully saturated rings. The minimum absolute atomic E-state index is 0.0913. The highest BCUT2D eigenvalue weighted by atomic mass is 14.6. The third kappa shape index (κ3) is 1.36. The van der Waals surface area contributed by atoms with Crippen molar-refractivity contribution in [3.63, 3.8) is 0 Å². The van der Waals surface area contributed by atoms with Crippen LogP contribution in [-0.2, 0) is 11.8 Å². The van der Waals surface area contributed by atoms with Crippen molar-refractivity contribution in [1.82, 2.24) is 4.98 Å². The summed E-state index contributed by atoms with van der Waals surface area (Å²) in [6.07, 6.45) is 4.95. The molecular weight excluding hydrogens is 266 g/mol. The van der Waals surface area contributed by atoms with Crippen molar-refractivity contribution < 1.29 is 0 Å². The predicted octanol–water partition coefficient (Wildman–Crippen LogP) is 4.96. The molecule has 0 radical (unpaired) electrons. The number of hydrogen-bond acceptors (Lipinski definition) is 1.